The summed E-state index contributed by atoms with van der Waals surface area (Å²) >= 11 is 0. The predicted octanol–water partition coefficient (Wildman–Crippen LogP) is 1.81. The van der Waals surface area contributed by atoms with Gasteiger partial charge in [0.2, 0.25) is 5.82 Å². The van der Waals surface area contributed by atoms with Crippen LogP contribution in [0.25, 0.3) is 0 Å². The molecule has 0 bridgehead atoms. The fraction of sp³-hybridized carbons (Fsp3) is 0.438. The second-order valence-electron chi connectivity index (χ2n) is 5.61. The van der Waals surface area contributed by atoms with Crippen molar-refractivity contribution in [2.24, 2.45) is 7.05 Å². The lowest BCUT2D eigenvalue weighted by Crippen LogP contribution is -2.30. The summed E-state index contributed by atoms with van der Waals surface area (Å²) in [6, 6.07) is 7.82. The lowest BCUT2D eigenvalue weighted by molar-refractivity contribution is 0.0932. The maximum Gasteiger partial charge on any atom is 0.288 e. The Balaban J connectivity index is 1.47. The molecule has 1 aromatic carbocycles. The number of benzene rings is 1. The van der Waals surface area contributed by atoms with Gasteiger partial charge in [-0.1, -0.05) is 17.7 Å². The van der Waals surface area contributed by atoms with Gasteiger partial charge >= 0.3 is 0 Å². The van der Waals surface area contributed by atoms with E-state index in [9.17, 15) is 4.79 Å². The highest BCUT2D eigenvalue weighted by Gasteiger charge is 2.29. The van der Waals surface area contributed by atoms with E-state index in [-0.39, 0.29) is 5.91 Å². The Kier molecular flexibility index (Phi) is 4.09. The van der Waals surface area contributed by atoms with E-state index in [1.807, 2.05) is 31.2 Å². The minimum Gasteiger partial charge on any atom is -0.492 e. The van der Waals surface area contributed by atoms with Gasteiger partial charge in [-0.2, -0.15) is 5.10 Å². The molecule has 1 fully saturated rings. The van der Waals surface area contributed by atoms with Crippen LogP contribution in [0.5, 0.6) is 5.75 Å². The molecule has 1 saturated carbocycles. The number of carbonyl (C=O) groups excluding carboxylic acids is 1. The minimum atomic E-state index is -0.214. The average molecular weight is 300 g/mol. The molecule has 1 N–H and O–H groups in total. The third-order valence-corrected chi connectivity index (χ3v) is 3.60. The van der Waals surface area contributed by atoms with Crippen LogP contribution in [0, 0.1) is 6.92 Å². The number of hydrogen-bond donors (Lipinski definition) is 1. The first-order chi connectivity index (χ1) is 10.6. The van der Waals surface area contributed by atoms with Crippen LogP contribution in [-0.4, -0.2) is 33.8 Å². The van der Waals surface area contributed by atoms with Crippen molar-refractivity contribution >= 4 is 5.91 Å². The van der Waals surface area contributed by atoms with Gasteiger partial charge in [-0.15, -0.1) is 0 Å². The van der Waals surface area contributed by atoms with E-state index >= 15 is 0 Å². The number of ether oxygens (including phenoxy) is 1. The number of nitrogens with zero attached hydrogens (tertiary/aromatic N) is 3. The molecule has 0 spiro atoms. The van der Waals surface area contributed by atoms with Gasteiger partial charge in [0.25, 0.3) is 5.91 Å². The van der Waals surface area contributed by atoms with E-state index in [4.69, 9.17) is 4.74 Å². The van der Waals surface area contributed by atoms with Crippen LogP contribution in [0.1, 0.15) is 40.8 Å². The van der Waals surface area contributed by atoms with Crippen molar-refractivity contribution in [3.8, 4) is 5.75 Å². The van der Waals surface area contributed by atoms with Gasteiger partial charge in [-0.05, 0) is 31.9 Å². The predicted molar refractivity (Wildman–Crippen MR) is 82.0 cm³/mol. The normalized spacial score (nSPS) is 13.9. The smallest absolute Gasteiger partial charge is 0.288 e. The van der Waals surface area contributed by atoms with Crippen LogP contribution in [-0.2, 0) is 7.05 Å². The first kappa shape index (κ1) is 14.6. The molecule has 1 aromatic heterocycles. The molecular weight excluding hydrogens is 280 g/mol. The number of aromatic nitrogens is 3. The van der Waals surface area contributed by atoms with E-state index in [1.54, 1.807) is 11.7 Å². The van der Waals surface area contributed by atoms with Crippen LogP contribution >= 0.6 is 0 Å². The third kappa shape index (κ3) is 3.44. The van der Waals surface area contributed by atoms with Gasteiger partial charge in [-0.25, -0.2) is 9.67 Å². The van der Waals surface area contributed by atoms with Crippen molar-refractivity contribution in [3.05, 3.63) is 41.5 Å². The van der Waals surface area contributed by atoms with Gasteiger partial charge < -0.3 is 10.1 Å². The quantitative estimate of drug-likeness (QED) is 0.826. The average Bonchev–Trinajstić information content (AvgIpc) is 3.28. The van der Waals surface area contributed by atoms with Crippen LogP contribution in [0.15, 0.2) is 24.3 Å². The van der Waals surface area contributed by atoms with Crippen molar-refractivity contribution in [2.45, 2.75) is 25.7 Å². The lowest BCUT2D eigenvalue weighted by Gasteiger charge is -2.07. The summed E-state index contributed by atoms with van der Waals surface area (Å²) in [6.45, 7) is 2.88. The first-order valence-electron chi connectivity index (χ1n) is 7.52. The summed E-state index contributed by atoms with van der Waals surface area (Å²) in [7, 11) is 1.75. The van der Waals surface area contributed by atoms with Gasteiger partial charge in [-0.3, -0.25) is 4.79 Å². The third-order valence-electron chi connectivity index (χ3n) is 3.60. The van der Waals surface area contributed by atoms with E-state index in [0.717, 1.165) is 24.4 Å². The van der Waals surface area contributed by atoms with Crippen molar-refractivity contribution in [1.29, 1.82) is 0 Å². The zero-order chi connectivity index (χ0) is 15.5. The Labute approximate surface area is 129 Å². The van der Waals surface area contributed by atoms with Crippen molar-refractivity contribution in [3.63, 3.8) is 0 Å². The summed E-state index contributed by atoms with van der Waals surface area (Å²) in [5, 5.41) is 7.10. The monoisotopic (exact) mass is 300 g/mol. The molecule has 6 nitrogen and oxygen atoms in total. The molecule has 1 heterocycles. The first-order valence-corrected chi connectivity index (χ1v) is 7.52. The maximum absolute atomic E-state index is 12.1. The van der Waals surface area contributed by atoms with E-state index in [1.165, 1.54) is 5.56 Å². The molecule has 3 rings (SSSR count). The molecule has 0 radical (unpaired) electrons. The Hall–Kier alpha value is -2.37. The lowest BCUT2D eigenvalue weighted by atomic mass is 10.2. The molecule has 0 aliphatic heterocycles. The molecule has 116 valence electrons. The highest BCUT2D eigenvalue weighted by molar-refractivity contribution is 5.90. The molecule has 22 heavy (non-hydrogen) atoms. The molecular formula is C16H20N4O2. The molecule has 2 aromatic rings. The van der Waals surface area contributed by atoms with Crippen LogP contribution in [0.3, 0.4) is 0 Å². The van der Waals surface area contributed by atoms with Crippen molar-refractivity contribution < 1.29 is 9.53 Å². The summed E-state index contributed by atoms with van der Waals surface area (Å²) in [4.78, 5) is 16.4. The second-order valence-corrected chi connectivity index (χ2v) is 5.61. The molecule has 1 aliphatic rings. The van der Waals surface area contributed by atoms with Crippen molar-refractivity contribution in [2.75, 3.05) is 13.2 Å². The molecule has 0 saturated heterocycles. The fourth-order valence-electron chi connectivity index (χ4n) is 2.16. The van der Waals surface area contributed by atoms with Crippen LogP contribution < -0.4 is 10.1 Å². The van der Waals surface area contributed by atoms with Crippen LogP contribution in [0.4, 0.5) is 0 Å². The highest BCUT2D eigenvalue weighted by Crippen LogP contribution is 2.37. The Morgan fingerprint density at radius 1 is 1.36 bits per heavy atom. The summed E-state index contributed by atoms with van der Waals surface area (Å²) < 4.78 is 7.12. The largest absolute Gasteiger partial charge is 0.492 e. The van der Waals surface area contributed by atoms with E-state index < -0.39 is 0 Å². The minimum absolute atomic E-state index is 0.214. The number of rotatable bonds is 6. The number of hydrogen-bond acceptors (Lipinski definition) is 4. The van der Waals surface area contributed by atoms with Gasteiger partial charge in [0.05, 0.1) is 6.54 Å². The Bertz CT molecular complexity index is 659. The number of nitrogens with one attached hydrogen (secondary N) is 1. The zero-order valence-corrected chi connectivity index (χ0v) is 12.9. The van der Waals surface area contributed by atoms with Gasteiger partial charge in [0.15, 0.2) is 5.82 Å². The molecule has 1 amide bonds. The fourth-order valence-corrected chi connectivity index (χ4v) is 2.16. The molecule has 6 heteroatoms. The molecule has 1 aliphatic carbocycles. The Morgan fingerprint density at radius 2 is 2.09 bits per heavy atom. The van der Waals surface area contributed by atoms with Crippen LogP contribution in [0.2, 0.25) is 0 Å². The van der Waals surface area contributed by atoms with Crippen molar-refractivity contribution in [1.82, 2.24) is 20.1 Å². The molecule has 0 atom stereocenters. The van der Waals surface area contributed by atoms with Gasteiger partial charge in [0, 0.05) is 13.0 Å². The molecule has 0 unspecified atom stereocenters. The standard InChI is InChI=1S/C16H20N4O2/c1-11-3-7-13(8-4-11)22-10-9-17-16(21)15-18-14(12-5-6-12)19-20(15)2/h3-4,7-8,12H,5-6,9-10H2,1-2H3,(H,17,21). The summed E-state index contributed by atoms with van der Waals surface area (Å²) in [5.41, 5.74) is 1.19. The van der Waals surface area contributed by atoms with E-state index in [0.29, 0.717) is 24.9 Å². The van der Waals surface area contributed by atoms with Gasteiger partial charge in [0.1, 0.15) is 12.4 Å². The highest BCUT2D eigenvalue weighted by atomic mass is 16.5. The number of carbonyl (C=O) groups is 1. The topological polar surface area (TPSA) is 69.0 Å². The number of aryl methyl sites for hydroxylation is 2. The zero-order valence-electron chi connectivity index (χ0n) is 12.9. The number of amides is 1. The Morgan fingerprint density at radius 3 is 2.77 bits per heavy atom. The summed E-state index contributed by atoms with van der Waals surface area (Å²) in [5.74, 6) is 2.17. The van der Waals surface area contributed by atoms with E-state index in [2.05, 4.69) is 15.4 Å². The summed E-state index contributed by atoms with van der Waals surface area (Å²) in [6.07, 6.45) is 2.24. The maximum atomic E-state index is 12.1. The SMILES string of the molecule is Cc1ccc(OCCNC(=O)c2nc(C3CC3)nn2C)cc1. The second kappa shape index (κ2) is 6.17.